The van der Waals surface area contributed by atoms with Crippen LogP contribution in [0.3, 0.4) is 0 Å². The van der Waals surface area contributed by atoms with E-state index in [-0.39, 0.29) is 5.91 Å². The van der Waals surface area contributed by atoms with Crippen molar-refractivity contribution in [3.05, 3.63) is 23.7 Å². The van der Waals surface area contributed by atoms with Crippen LogP contribution in [0.4, 0.5) is 0 Å². The molecule has 1 aromatic heterocycles. The van der Waals surface area contributed by atoms with Gasteiger partial charge in [-0.15, -0.1) is 0 Å². The van der Waals surface area contributed by atoms with Crippen molar-refractivity contribution < 1.29 is 9.21 Å². The van der Waals surface area contributed by atoms with Gasteiger partial charge in [0.25, 0.3) is 5.91 Å². The summed E-state index contributed by atoms with van der Waals surface area (Å²) in [5, 5.41) is 0. The van der Waals surface area contributed by atoms with Crippen molar-refractivity contribution in [1.82, 2.24) is 5.43 Å². The smallest absolute Gasteiger partial charge is 0.268 e. The molecular formula is C7H10N2O2S. The van der Waals surface area contributed by atoms with Gasteiger partial charge in [0.15, 0.2) is 0 Å². The second-order valence-corrected chi connectivity index (χ2v) is 3.03. The summed E-state index contributed by atoms with van der Waals surface area (Å²) >= 11 is 1.59. The third kappa shape index (κ3) is 1.80. The minimum absolute atomic E-state index is 0.312. The van der Waals surface area contributed by atoms with Crippen molar-refractivity contribution in [2.75, 3.05) is 6.26 Å². The first-order valence-corrected chi connectivity index (χ1v) is 4.75. The molecule has 0 bridgehead atoms. The average Bonchev–Trinajstić information content (AvgIpc) is 2.52. The summed E-state index contributed by atoms with van der Waals surface area (Å²) in [6.07, 6.45) is 3.42. The third-order valence-electron chi connectivity index (χ3n) is 1.40. The van der Waals surface area contributed by atoms with Crippen molar-refractivity contribution in [2.45, 2.75) is 5.75 Å². The summed E-state index contributed by atoms with van der Waals surface area (Å²) in [5.41, 5.74) is 2.56. The lowest BCUT2D eigenvalue weighted by Crippen LogP contribution is -2.30. The topological polar surface area (TPSA) is 68.3 Å². The molecule has 1 amide bonds. The number of rotatable bonds is 3. The Morgan fingerprint density at radius 1 is 1.83 bits per heavy atom. The molecule has 0 aromatic carbocycles. The third-order valence-corrected chi connectivity index (χ3v) is 1.95. The van der Waals surface area contributed by atoms with Crippen LogP contribution in [0, 0.1) is 0 Å². The summed E-state index contributed by atoms with van der Waals surface area (Å²) < 4.78 is 5.09. The van der Waals surface area contributed by atoms with E-state index in [0.29, 0.717) is 17.1 Å². The maximum absolute atomic E-state index is 11.1. The Bertz CT molecular complexity index is 272. The van der Waals surface area contributed by atoms with Crippen LogP contribution in [0.5, 0.6) is 0 Å². The van der Waals surface area contributed by atoms with E-state index in [2.05, 4.69) is 5.43 Å². The number of nitrogens with two attached hydrogens (primary N) is 1. The van der Waals surface area contributed by atoms with Crippen LogP contribution in [0.25, 0.3) is 0 Å². The summed E-state index contributed by atoms with van der Waals surface area (Å²) in [6, 6.07) is 1.60. The number of thioether (sulfide) groups is 1. The lowest BCUT2D eigenvalue weighted by Gasteiger charge is -1.98. The van der Waals surface area contributed by atoms with Crippen molar-refractivity contribution in [3.8, 4) is 0 Å². The number of hydrogen-bond acceptors (Lipinski definition) is 4. The Labute approximate surface area is 74.5 Å². The van der Waals surface area contributed by atoms with Gasteiger partial charge in [-0.2, -0.15) is 11.8 Å². The normalized spacial score (nSPS) is 9.83. The maximum Gasteiger partial charge on any atom is 0.268 e. The van der Waals surface area contributed by atoms with Gasteiger partial charge in [0, 0.05) is 0 Å². The fourth-order valence-electron chi connectivity index (χ4n) is 0.864. The first kappa shape index (κ1) is 9.15. The largest absolute Gasteiger partial charge is 0.468 e. The number of hydrazine groups is 1. The van der Waals surface area contributed by atoms with E-state index in [1.54, 1.807) is 17.8 Å². The molecule has 5 heteroatoms. The SMILES string of the molecule is CSCc1occc1C(=O)NN. The molecule has 0 radical (unpaired) electrons. The van der Waals surface area contributed by atoms with E-state index in [9.17, 15) is 4.79 Å². The fourth-order valence-corrected chi connectivity index (χ4v) is 1.35. The van der Waals surface area contributed by atoms with Gasteiger partial charge in [-0.1, -0.05) is 0 Å². The van der Waals surface area contributed by atoms with Crippen LogP contribution < -0.4 is 11.3 Å². The summed E-state index contributed by atoms with van der Waals surface area (Å²) in [5.74, 6) is 6.00. The highest BCUT2D eigenvalue weighted by atomic mass is 32.2. The summed E-state index contributed by atoms with van der Waals surface area (Å²) in [6.45, 7) is 0. The van der Waals surface area contributed by atoms with Crippen LogP contribution in [-0.2, 0) is 5.75 Å². The molecule has 0 spiro atoms. The second kappa shape index (κ2) is 4.18. The molecule has 0 saturated carbocycles. The molecule has 4 nitrogen and oxygen atoms in total. The van der Waals surface area contributed by atoms with E-state index in [4.69, 9.17) is 10.3 Å². The van der Waals surface area contributed by atoms with Crippen molar-refractivity contribution in [2.24, 2.45) is 5.84 Å². The van der Waals surface area contributed by atoms with E-state index in [1.807, 2.05) is 6.26 Å². The van der Waals surface area contributed by atoms with Crippen LogP contribution in [0.1, 0.15) is 16.1 Å². The molecule has 0 saturated heterocycles. The average molecular weight is 186 g/mol. The van der Waals surface area contributed by atoms with E-state index >= 15 is 0 Å². The highest BCUT2D eigenvalue weighted by Crippen LogP contribution is 2.15. The first-order valence-electron chi connectivity index (χ1n) is 3.36. The highest BCUT2D eigenvalue weighted by Gasteiger charge is 2.12. The first-order chi connectivity index (χ1) is 5.79. The van der Waals surface area contributed by atoms with Crippen molar-refractivity contribution >= 4 is 17.7 Å². The van der Waals surface area contributed by atoms with Gasteiger partial charge in [0.1, 0.15) is 5.76 Å². The second-order valence-electron chi connectivity index (χ2n) is 2.16. The molecule has 0 fully saturated rings. The van der Waals surface area contributed by atoms with Crippen molar-refractivity contribution in [3.63, 3.8) is 0 Å². The Hall–Kier alpha value is -0.940. The number of furan rings is 1. The zero-order valence-electron chi connectivity index (χ0n) is 6.66. The Kier molecular flexibility index (Phi) is 3.19. The number of nitrogens with one attached hydrogen (secondary N) is 1. The highest BCUT2D eigenvalue weighted by molar-refractivity contribution is 7.97. The molecule has 0 aliphatic carbocycles. The maximum atomic E-state index is 11.1. The number of hydrogen-bond donors (Lipinski definition) is 2. The lowest BCUT2D eigenvalue weighted by atomic mass is 10.2. The molecule has 3 N–H and O–H groups in total. The fraction of sp³-hybridized carbons (Fsp3) is 0.286. The Balaban J connectivity index is 2.83. The number of carbonyl (C=O) groups excluding carboxylic acids is 1. The molecule has 12 heavy (non-hydrogen) atoms. The standard InChI is InChI=1S/C7H10N2O2S/c1-12-4-6-5(2-3-11-6)7(10)9-8/h2-3H,4,8H2,1H3,(H,9,10). The van der Waals surface area contributed by atoms with Gasteiger partial charge in [0.2, 0.25) is 0 Å². The molecule has 66 valence electrons. The van der Waals surface area contributed by atoms with Crippen molar-refractivity contribution in [1.29, 1.82) is 0 Å². The zero-order chi connectivity index (χ0) is 8.97. The molecule has 0 unspecified atom stereocenters. The number of amides is 1. The molecule has 1 heterocycles. The van der Waals surface area contributed by atoms with E-state index < -0.39 is 0 Å². The molecule has 0 aliphatic rings. The number of carbonyl (C=O) groups is 1. The molecule has 1 rings (SSSR count). The minimum atomic E-state index is -0.312. The van der Waals surface area contributed by atoms with Crippen LogP contribution in [-0.4, -0.2) is 12.2 Å². The lowest BCUT2D eigenvalue weighted by molar-refractivity contribution is 0.0952. The molecular weight excluding hydrogens is 176 g/mol. The van der Waals surface area contributed by atoms with Gasteiger partial charge in [-0.05, 0) is 12.3 Å². The minimum Gasteiger partial charge on any atom is -0.468 e. The quantitative estimate of drug-likeness (QED) is 0.415. The zero-order valence-corrected chi connectivity index (χ0v) is 7.48. The molecule has 1 aromatic rings. The van der Waals surface area contributed by atoms with Gasteiger partial charge in [-0.25, -0.2) is 5.84 Å². The molecule has 0 aliphatic heterocycles. The van der Waals surface area contributed by atoms with Gasteiger partial charge in [0.05, 0.1) is 17.6 Å². The van der Waals surface area contributed by atoms with Gasteiger partial charge in [-0.3, -0.25) is 10.2 Å². The number of nitrogen functional groups attached to an aromatic ring is 1. The summed E-state index contributed by atoms with van der Waals surface area (Å²) in [4.78, 5) is 11.1. The van der Waals surface area contributed by atoms with E-state index in [0.717, 1.165) is 0 Å². The Morgan fingerprint density at radius 3 is 3.17 bits per heavy atom. The van der Waals surface area contributed by atoms with Gasteiger partial charge >= 0.3 is 0 Å². The predicted molar refractivity (Wildman–Crippen MR) is 47.6 cm³/mol. The van der Waals surface area contributed by atoms with Crippen LogP contribution in [0.2, 0.25) is 0 Å². The van der Waals surface area contributed by atoms with E-state index in [1.165, 1.54) is 6.26 Å². The predicted octanol–water partition coefficient (Wildman–Crippen LogP) is 0.746. The van der Waals surface area contributed by atoms with Crippen LogP contribution in [0.15, 0.2) is 16.7 Å². The van der Waals surface area contributed by atoms with Crippen LogP contribution >= 0.6 is 11.8 Å². The summed E-state index contributed by atoms with van der Waals surface area (Å²) in [7, 11) is 0. The Morgan fingerprint density at radius 2 is 2.58 bits per heavy atom. The monoisotopic (exact) mass is 186 g/mol. The molecule has 0 atom stereocenters. The van der Waals surface area contributed by atoms with Gasteiger partial charge < -0.3 is 4.42 Å².